The molecular formula is C7H16N2Si. The van der Waals surface area contributed by atoms with E-state index in [0.29, 0.717) is 0 Å². The summed E-state index contributed by atoms with van der Waals surface area (Å²) < 4.78 is 4.17. The fourth-order valence-electron chi connectivity index (χ4n) is 1.11. The van der Waals surface area contributed by atoms with E-state index >= 15 is 0 Å². The third-order valence-corrected chi connectivity index (χ3v) is 6.80. The lowest BCUT2D eigenvalue weighted by Crippen LogP contribution is -2.28. The van der Waals surface area contributed by atoms with E-state index in [4.69, 9.17) is 5.41 Å². The van der Waals surface area contributed by atoms with Gasteiger partial charge in [-0.05, 0) is 18.1 Å². The second-order valence-corrected chi connectivity index (χ2v) is 7.30. The largest absolute Gasteiger partial charge is 0.267 e. The molecule has 0 aromatic rings. The Morgan fingerprint density at radius 1 is 1.20 bits per heavy atom. The molecule has 0 fully saturated rings. The van der Waals surface area contributed by atoms with Crippen molar-refractivity contribution in [2.75, 3.05) is 0 Å². The van der Waals surface area contributed by atoms with Crippen molar-refractivity contribution in [2.45, 2.75) is 38.9 Å². The predicted molar refractivity (Wildman–Crippen MR) is 47.4 cm³/mol. The van der Waals surface area contributed by atoms with Crippen LogP contribution in [0.5, 0.6) is 0 Å². The zero-order valence-electron chi connectivity index (χ0n) is 7.07. The standard InChI is InChI=1S/C7H16N2Si/c1-4-10(5-2,6-3)9-7-8/h8H,4-6H2,1-3H3. The van der Waals surface area contributed by atoms with Crippen molar-refractivity contribution in [3.63, 3.8) is 0 Å². The van der Waals surface area contributed by atoms with Crippen molar-refractivity contribution < 1.29 is 0 Å². The molecule has 0 atom stereocenters. The summed E-state index contributed by atoms with van der Waals surface area (Å²) in [6.45, 7) is 6.50. The lowest BCUT2D eigenvalue weighted by molar-refractivity contribution is 1.15. The van der Waals surface area contributed by atoms with Gasteiger partial charge in [0.1, 0.15) is 0 Å². The number of nitrogens with zero attached hydrogens (tertiary/aromatic N) is 1. The van der Waals surface area contributed by atoms with Crippen LogP contribution in [0.4, 0.5) is 0 Å². The molecule has 3 heteroatoms. The maximum atomic E-state index is 6.79. The zero-order valence-corrected chi connectivity index (χ0v) is 8.07. The monoisotopic (exact) mass is 156 g/mol. The Bertz CT molecular complexity index is 126. The van der Waals surface area contributed by atoms with Crippen LogP contribution in [0.3, 0.4) is 0 Å². The molecule has 0 aromatic heterocycles. The lowest BCUT2D eigenvalue weighted by atomic mass is 10.9. The van der Waals surface area contributed by atoms with Crippen molar-refractivity contribution in [1.82, 2.24) is 0 Å². The lowest BCUT2D eigenvalue weighted by Gasteiger charge is -2.19. The smallest absolute Gasteiger partial charge is 0.194 e. The van der Waals surface area contributed by atoms with Crippen molar-refractivity contribution in [1.29, 1.82) is 5.41 Å². The number of hydrogen-bond donors (Lipinski definition) is 1. The predicted octanol–water partition coefficient (Wildman–Crippen LogP) is 2.74. The van der Waals surface area contributed by atoms with Gasteiger partial charge in [0.2, 0.25) is 0 Å². The first-order valence-electron chi connectivity index (χ1n) is 3.88. The minimum atomic E-state index is -1.39. The van der Waals surface area contributed by atoms with Gasteiger partial charge in [0.05, 0.1) is 6.01 Å². The summed E-state index contributed by atoms with van der Waals surface area (Å²) in [5.74, 6) is 0. The molecule has 0 bridgehead atoms. The zero-order chi connectivity index (χ0) is 8.04. The third kappa shape index (κ3) is 2.08. The van der Waals surface area contributed by atoms with Crippen molar-refractivity contribution in [3.8, 4) is 0 Å². The van der Waals surface area contributed by atoms with Gasteiger partial charge in [-0.3, -0.25) is 4.66 Å². The molecule has 0 spiro atoms. The van der Waals surface area contributed by atoms with Crippen LogP contribution in [0.2, 0.25) is 18.1 Å². The Hall–Kier alpha value is -0.403. The van der Waals surface area contributed by atoms with Gasteiger partial charge < -0.3 is 0 Å². The molecule has 0 radical (unpaired) electrons. The van der Waals surface area contributed by atoms with E-state index in [0.717, 1.165) is 18.1 Å². The van der Waals surface area contributed by atoms with Crippen LogP contribution in [0.15, 0.2) is 4.66 Å². The Kier molecular flexibility index (Phi) is 4.24. The first kappa shape index (κ1) is 9.60. The van der Waals surface area contributed by atoms with Crippen molar-refractivity contribution in [2.24, 2.45) is 4.66 Å². The summed E-state index contributed by atoms with van der Waals surface area (Å²) in [7, 11) is -1.39. The van der Waals surface area contributed by atoms with Crippen LogP contribution < -0.4 is 0 Å². The number of hydrogen-bond acceptors (Lipinski definition) is 2. The van der Waals surface area contributed by atoms with Gasteiger partial charge in [0, 0.05) is 0 Å². The summed E-state index contributed by atoms with van der Waals surface area (Å²) in [5.41, 5.74) is 0. The summed E-state index contributed by atoms with van der Waals surface area (Å²) in [5, 5.41) is 6.79. The molecule has 0 saturated carbocycles. The second kappa shape index (κ2) is 4.42. The van der Waals surface area contributed by atoms with Crippen LogP contribution in [0, 0.1) is 5.41 Å². The Morgan fingerprint density at radius 2 is 1.60 bits per heavy atom. The Morgan fingerprint density at radius 3 is 1.70 bits per heavy atom. The average molecular weight is 156 g/mol. The molecule has 1 N–H and O–H groups in total. The first-order valence-corrected chi connectivity index (χ1v) is 6.45. The molecule has 0 saturated heterocycles. The summed E-state index contributed by atoms with van der Waals surface area (Å²) in [6, 6.07) is 5.63. The van der Waals surface area contributed by atoms with E-state index in [1.165, 1.54) is 0 Å². The fraction of sp³-hybridized carbons (Fsp3) is 0.857. The number of nitrogens with one attached hydrogen (secondary N) is 1. The van der Waals surface area contributed by atoms with Crippen LogP contribution in [0.25, 0.3) is 0 Å². The Balaban J connectivity index is 4.29. The van der Waals surface area contributed by atoms with E-state index in [1.807, 2.05) is 0 Å². The van der Waals surface area contributed by atoms with E-state index in [2.05, 4.69) is 31.4 Å². The highest BCUT2D eigenvalue weighted by molar-refractivity contribution is 6.78. The molecule has 10 heavy (non-hydrogen) atoms. The minimum Gasteiger partial charge on any atom is -0.267 e. The molecule has 0 unspecified atom stereocenters. The van der Waals surface area contributed by atoms with Crippen molar-refractivity contribution in [3.05, 3.63) is 0 Å². The van der Waals surface area contributed by atoms with Gasteiger partial charge in [-0.2, -0.15) is 0 Å². The molecule has 0 aliphatic carbocycles. The Labute approximate surface area is 64.0 Å². The van der Waals surface area contributed by atoms with Crippen LogP contribution in [0.1, 0.15) is 20.8 Å². The summed E-state index contributed by atoms with van der Waals surface area (Å²) in [4.78, 5) is 0. The SMILES string of the molecule is CC[Si](CC)(CC)N=C=N. The maximum Gasteiger partial charge on any atom is 0.194 e. The van der Waals surface area contributed by atoms with Gasteiger partial charge in [0.25, 0.3) is 0 Å². The maximum absolute atomic E-state index is 6.79. The molecule has 0 aliphatic heterocycles. The average Bonchev–Trinajstić information content (AvgIpc) is 2.01. The first-order chi connectivity index (χ1) is 4.74. The molecule has 58 valence electrons. The van der Waals surface area contributed by atoms with E-state index in [9.17, 15) is 0 Å². The quantitative estimate of drug-likeness (QED) is 0.480. The van der Waals surface area contributed by atoms with Crippen LogP contribution in [-0.2, 0) is 0 Å². The van der Waals surface area contributed by atoms with Gasteiger partial charge >= 0.3 is 0 Å². The summed E-state index contributed by atoms with van der Waals surface area (Å²) >= 11 is 0. The highest BCUT2D eigenvalue weighted by atomic mass is 28.3. The molecular weight excluding hydrogens is 140 g/mol. The van der Waals surface area contributed by atoms with E-state index in [1.54, 1.807) is 0 Å². The minimum absolute atomic E-state index is 1.14. The second-order valence-electron chi connectivity index (χ2n) is 2.51. The van der Waals surface area contributed by atoms with Gasteiger partial charge in [-0.1, -0.05) is 20.8 Å². The van der Waals surface area contributed by atoms with Crippen molar-refractivity contribution >= 4 is 14.2 Å². The molecule has 0 rings (SSSR count). The highest BCUT2D eigenvalue weighted by Gasteiger charge is 2.25. The molecule has 0 heterocycles. The van der Waals surface area contributed by atoms with Crippen LogP contribution >= 0.6 is 0 Å². The topological polar surface area (TPSA) is 36.2 Å². The van der Waals surface area contributed by atoms with Gasteiger partial charge in [-0.15, -0.1) is 0 Å². The molecule has 0 aliphatic rings. The van der Waals surface area contributed by atoms with Gasteiger partial charge in [0.15, 0.2) is 8.24 Å². The van der Waals surface area contributed by atoms with E-state index < -0.39 is 8.24 Å². The number of rotatable bonds is 4. The molecule has 0 amide bonds. The summed E-state index contributed by atoms with van der Waals surface area (Å²) in [6.07, 6.45) is 0. The fourth-order valence-corrected chi connectivity index (χ4v) is 3.32. The van der Waals surface area contributed by atoms with E-state index in [-0.39, 0.29) is 0 Å². The highest BCUT2D eigenvalue weighted by Crippen LogP contribution is 2.20. The normalized spacial score (nSPS) is 10.7. The van der Waals surface area contributed by atoms with Crippen LogP contribution in [-0.4, -0.2) is 14.2 Å². The molecule has 2 nitrogen and oxygen atoms in total. The van der Waals surface area contributed by atoms with Gasteiger partial charge in [-0.25, -0.2) is 5.41 Å². The molecule has 0 aromatic carbocycles. The third-order valence-electron chi connectivity index (χ3n) is 2.27.